The Morgan fingerprint density at radius 2 is 2.00 bits per heavy atom. The lowest BCUT2D eigenvalue weighted by molar-refractivity contribution is 0.0690. The molecule has 0 unspecified atom stereocenters. The molecule has 92 valence electrons. The summed E-state index contributed by atoms with van der Waals surface area (Å²) in [7, 11) is 0. The van der Waals surface area contributed by atoms with Crippen LogP contribution < -0.4 is 5.32 Å². The van der Waals surface area contributed by atoms with Crippen LogP contribution in [0, 0.1) is 0 Å². The van der Waals surface area contributed by atoms with Crippen molar-refractivity contribution in [2.45, 2.75) is 6.54 Å². The predicted octanol–water partition coefficient (Wildman–Crippen LogP) is 3.15. The highest BCUT2D eigenvalue weighted by Crippen LogP contribution is 2.21. The average molecular weight is 307 g/mol. The summed E-state index contributed by atoms with van der Waals surface area (Å²) >= 11 is 3.43. The number of carboxylic acids is 1. The lowest BCUT2D eigenvalue weighted by atomic mass is 10.2. The molecule has 1 aromatic heterocycles. The largest absolute Gasteiger partial charge is 0.477 e. The first-order chi connectivity index (χ1) is 8.66. The van der Waals surface area contributed by atoms with Crippen molar-refractivity contribution in [2.24, 2.45) is 0 Å². The summed E-state index contributed by atoms with van der Waals surface area (Å²) in [6, 6.07) is 12.7. The number of carbonyl (C=O) groups is 1. The number of aromatic nitrogens is 1. The normalized spacial score (nSPS) is 10.1. The minimum absolute atomic E-state index is 0.0569. The molecular formula is C13H11BrN2O2. The van der Waals surface area contributed by atoms with E-state index < -0.39 is 5.97 Å². The molecule has 18 heavy (non-hydrogen) atoms. The van der Waals surface area contributed by atoms with E-state index in [0.29, 0.717) is 12.2 Å². The molecule has 1 aromatic carbocycles. The zero-order valence-corrected chi connectivity index (χ0v) is 11.0. The third-order valence-electron chi connectivity index (χ3n) is 2.36. The topological polar surface area (TPSA) is 62.2 Å². The second-order valence-electron chi connectivity index (χ2n) is 3.65. The molecule has 0 radical (unpaired) electrons. The van der Waals surface area contributed by atoms with Gasteiger partial charge in [-0.25, -0.2) is 9.78 Å². The number of hydrogen-bond acceptors (Lipinski definition) is 3. The maximum absolute atomic E-state index is 10.8. The Hall–Kier alpha value is -1.88. The molecule has 2 N–H and O–H groups in total. The van der Waals surface area contributed by atoms with Crippen molar-refractivity contribution in [3.05, 3.63) is 58.3 Å². The van der Waals surface area contributed by atoms with Crippen LogP contribution in [0.2, 0.25) is 0 Å². The van der Waals surface area contributed by atoms with Crippen LogP contribution in [0.15, 0.2) is 46.9 Å². The van der Waals surface area contributed by atoms with Gasteiger partial charge < -0.3 is 10.4 Å². The molecule has 5 heteroatoms. The minimum atomic E-state index is -1.02. The molecule has 0 aliphatic carbocycles. The van der Waals surface area contributed by atoms with Crippen molar-refractivity contribution in [2.75, 3.05) is 5.32 Å². The molecule has 2 aromatic rings. The third kappa shape index (κ3) is 3.07. The predicted molar refractivity (Wildman–Crippen MR) is 72.7 cm³/mol. The van der Waals surface area contributed by atoms with E-state index >= 15 is 0 Å². The third-order valence-corrected chi connectivity index (χ3v) is 3.05. The summed E-state index contributed by atoms with van der Waals surface area (Å²) in [5.74, 6) is -1.02. The van der Waals surface area contributed by atoms with E-state index in [1.54, 1.807) is 12.1 Å². The molecule has 1 heterocycles. The summed E-state index contributed by atoms with van der Waals surface area (Å²) in [5, 5.41) is 12.0. The number of hydrogen-bond donors (Lipinski definition) is 2. The van der Waals surface area contributed by atoms with Crippen molar-refractivity contribution in [3.63, 3.8) is 0 Å². The Morgan fingerprint density at radius 3 is 2.72 bits per heavy atom. The highest BCUT2D eigenvalue weighted by Gasteiger charge is 2.05. The quantitative estimate of drug-likeness (QED) is 0.911. The van der Waals surface area contributed by atoms with Crippen LogP contribution in [0.5, 0.6) is 0 Å². The van der Waals surface area contributed by atoms with Gasteiger partial charge in [0.1, 0.15) is 5.69 Å². The second-order valence-corrected chi connectivity index (χ2v) is 4.51. The van der Waals surface area contributed by atoms with Gasteiger partial charge in [-0.2, -0.15) is 0 Å². The molecule has 0 saturated carbocycles. The van der Waals surface area contributed by atoms with Gasteiger partial charge in [0.05, 0.1) is 12.2 Å². The number of anilines is 1. The van der Waals surface area contributed by atoms with E-state index in [9.17, 15) is 4.79 Å². The maximum Gasteiger partial charge on any atom is 0.354 e. The van der Waals surface area contributed by atoms with E-state index in [2.05, 4.69) is 26.2 Å². The van der Waals surface area contributed by atoms with Crippen LogP contribution in [0.4, 0.5) is 5.69 Å². The first kappa shape index (κ1) is 12.6. The summed E-state index contributed by atoms with van der Waals surface area (Å²) in [4.78, 5) is 14.8. The van der Waals surface area contributed by atoms with Gasteiger partial charge in [-0.1, -0.05) is 18.2 Å². The standard InChI is InChI=1S/C13H11BrN2O2/c14-10-5-1-2-6-11(10)15-8-9-4-3-7-12(16-9)13(17)18/h1-7,15H,8H2,(H,17,18). The lowest BCUT2D eigenvalue weighted by Crippen LogP contribution is -2.06. The molecule has 2 rings (SSSR count). The fraction of sp³-hybridized carbons (Fsp3) is 0.0769. The van der Waals surface area contributed by atoms with Crippen LogP contribution in [0.25, 0.3) is 0 Å². The van der Waals surface area contributed by atoms with Gasteiger partial charge in [-0.15, -0.1) is 0 Å². The van der Waals surface area contributed by atoms with E-state index in [1.165, 1.54) is 6.07 Å². The van der Waals surface area contributed by atoms with E-state index in [1.807, 2.05) is 24.3 Å². The first-order valence-corrected chi connectivity index (χ1v) is 6.14. The van der Waals surface area contributed by atoms with Crippen LogP contribution >= 0.6 is 15.9 Å². The van der Waals surface area contributed by atoms with Crippen molar-refractivity contribution < 1.29 is 9.90 Å². The Balaban J connectivity index is 2.09. The average Bonchev–Trinajstić information content (AvgIpc) is 2.38. The fourth-order valence-corrected chi connectivity index (χ4v) is 1.91. The lowest BCUT2D eigenvalue weighted by Gasteiger charge is -2.08. The molecule has 0 saturated heterocycles. The highest BCUT2D eigenvalue weighted by molar-refractivity contribution is 9.10. The number of nitrogens with one attached hydrogen (secondary N) is 1. The number of pyridine rings is 1. The number of carboxylic acid groups (broad SMARTS) is 1. The van der Waals surface area contributed by atoms with Gasteiger partial charge in [0.15, 0.2) is 0 Å². The van der Waals surface area contributed by atoms with Gasteiger partial charge in [-0.05, 0) is 40.2 Å². The Kier molecular flexibility index (Phi) is 3.94. The molecule has 0 atom stereocenters. The maximum atomic E-state index is 10.8. The summed E-state index contributed by atoms with van der Waals surface area (Å²) in [5.41, 5.74) is 1.69. The van der Waals surface area contributed by atoms with Crippen molar-refractivity contribution in [1.82, 2.24) is 4.98 Å². The van der Waals surface area contributed by atoms with Gasteiger partial charge in [0.2, 0.25) is 0 Å². The molecule has 0 aliphatic rings. The van der Waals surface area contributed by atoms with Gasteiger partial charge >= 0.3 is 5.97 Å². The van der Waals surface area contributed by atoms with E-state index in [-0.39, 0.29) is 5.69 Å². The number of rotatable bonds is 4. The number of benzene rings is 1. The van der Waals surface area contributed by atoms with E-state index in [4.69, 9.17) is 5.11 Å². The Labute approximate surface area is 113 Å². The molecule has 0 spiro atoms. The van der Waals surface area contributed by atoms with Crippen molar-refractivity contribution >= 4 is 27.6 Å². The summed E-state index contributed by atoms with van der Waals surface area (Å²) in [6.07, 6.45) is 0. The first-order valence-electron chi connectivity index (χ1n) is 5.34. The second kappa shape index (κ2) is 5.64. The number of aromatic carboxylic acids is 1. The summed E-state index contributed by atoms with van der Waals surface area (Å²) < 4.78 is 0.958. The summed E-state index contributed by atoms with van der Waals surface area (Å²) in [6.45, 7) is 0.476. The number of nitrogens with zero attached hydrogens (tertiary/aromatic N) is 1. The fourth-order valence-electron chi connectivity index (χ4n) is 1.49. The van der Waals surface area contributed by atoms with Crippen LogP contribution in [-0.4, -0.2) is 16.1 Å². The highest BCUT2D eigenvalue weighted by atomic mass is 79.9. The van der Waals surface area contributed by atoms with Crippen LogP contribution in [0.3, 0.4) is 0 Å². The van der Waals surface area contributed by atoms with Gasteiger partial charge in [0, 0.05) is 10.2 Å². The number of halogens is 1. The Bertz CT molecular complexity index is 572. The van der Waals surface area contributed by atoms with Crippen molar-refractivity contribution in [3.8, 4) is 0 Å². The number of para-hydroxylation sites is 1. The van der Waals surface area contributed by atoms with E-state index in [0.717, 1.165) is 10.2 Å². The zero-order chi connectivity index (χ0) is 13.0. The van der Waals surface area contributed by atoms with Crippen LogP contribution in [0.1, 0.15) is 16.2 Å². The molecular weight excluding hydrogens is 296 g/mol. The van der Waals surface area contributed by atoms with Gasteiger partial charge in [0.25, 0.3) is 0 Å². The van der Waals surface area contributed by atoms with Crippen LogP contribution in [-0.2, 0) is 6.54 Å². The molecule has 0 bridgehead atoms. The zero-order valence-electron chi connectivity index (χ0n) is 9.43. The monoisotopic (exact) mass is 306 g/mol. The minimum Gasteiger partial charge on any atom is -0.477 e. The SMILES string of the molecule is O=C(O)c1cccc(CNc2ccccc2Br)n1. The van der Waals surface area contributed by atoms with Crippen molar-refractivity contribution in [1.29, 1.82) is 0 Å². The smallest absolute Gasteiger partial charge is 0.354 e. The molecule has 0 aliphatic heterocycles. The molecule has 0 fully saturated rings. The Morgan fingerprint density at radius 1 is 1.22 bits per heavy atom. The molecule has 0 amide bonds. The molecule has 4 nitrogen and oxygen atoms in total. The van der Waals surface area contributed by atoms with Gasteiger partial charge in [-0.3, -0.25) is 0 Å².